The average Bonchev–Trinajstić information content (AvgIpc) is 3.46. The van der Waals surface area contributed by atoms with E-state index in [2.05, 4.69) is 10.0 Å². The van der Waals surface area contributed by atoms with Crippen molar-refractivity contribution in [1.82, 2.24) is 5.32 Å². The van der Waals surface area contributed by atoms with Gasteiger partial charge >= 0.3 is 5.97 Å². The maximum Gasteiger partial charge on any atom is 0.341 e. The van der Waals surface area contributed by atoms with Gasteiger partial charge in [-0.3, -0.25) is 9.52 Å². The molecule has 0 bridgehead atoms. The molecule has 0 heterocycles. The highest BCUT2D eigenvalue weighted by atomic mass is 35.5. The molecule has 1 unspecified atom stereocenters. The molecule has 1 atom stereocenters. The number of benzene rings is 2. The van der Waals surface area contributed by atoms with Crippen LogP contribution in [0.1, 0.15) is 30.1 Å². The van der Waals surface area contributed by atoms with Crippen LogP contribution >= 0.6 is 11.6 Å². The van der Waals surface area contributed by atoms with E-state index in [0.29, 0.717) is 5.02 Å². The number of esters is 1. The Balaban J connectivity index is 1.75. The van der Waals surface area contributed by atoms with Crippen LogP contribution in [0.2, 0.25) is 5.02 Å². The lowest BCUT2D eigenvalue weighted by Crippen LogP contribution is -2.37. The van der Waals surface area contributed by atoms with E-state index in [1.165, 1.54) is 43.3 Å². The number of sulfonamides is 1. The van der Waals surface area contributed by atoms with Crippen LogP contribution in [0.5, 0.6) is 0 Å². The average molecular weight is 423 g/mol. The van der Waals surface area contributed by atoms with Gasteiger partial charge in [0.1, 0.15) is 0 Å². The summed E-state index contributed by atoms with van der Waals surface area (Å²) in [5.74, 6) is -1.18. The molecule has 1 saturated carbocycles. The Hall–Kier alpha value is -2.58. The van der Waals surface area contributed by atoms with Crippen LogP contribution in [0.15, 0.2) is 53.4 Å². The van der Waals surface area contributed by atoms with Crippen molar-refractivity contribution in [3.8, 4) is 0 Å². The first-order valence-corrected chi connectivity index (χ1v) is 10.5. The molecule has 0 spiro atoms. The zero-order chi connectivity index (χ0) is 20.3. The lowest BCUT2D eigenvalue weighted by atomic mass is 10.2. The van der Waals surface area contributed by atoms with Crippen molar-refractivity contribution >= 4 is 39.2 Å². The highest BCUT2D eigenvalue weighted by molar-refractivity contribution is 7.92. The van der Waals surface area contributed by atoms with Crippen molar-refractivity contribution in [2.75, 3.05) is 4.72 Å². The topological polar surface area (TPSA) is 102 Å². The van der Waals surface area contributed by atoms with E-state index in [-0.39, 0.29) is 28.1 Å². The number of carbonyl (C=O) groups excluding carboxylic acids is 2. The Morgan fingerprint density at radius 2 is 1.75 bits per heavy atom. The largest absolute Gasteiger partial charge is 0.449 e. The third kappa shape index (κ3) is 5.02. The Labute approximate surface area is 168 Å². The van der Waals surface area contributed by atoms with Crippen LogP contribution in [0.4, 0.5) is 5.69 Å². The minimum atomic E-state index is -3.93. The van der Waals surface area contributed by atoms with Gasteiger partial charge in [0, 0.05) is 11.1 Å². The number of ether oxygens (including phenoxy) is 1. The van der Waals surface area contributed by atoms with E-state index in [1.54, 1.807) is 12.1 Å². The number of hydrogen-bond donors (Lipinski definition) is 2. The zero-order valence-electron chi connectivity index (χ0n) is 15.0. The Morgan fingerprint density at radius 3 is 2.39 bits per heavy atom. The molecule has 7 nitrogen and oxygen atoms in total. The fourth-order valence-electron chi connectivity index (χ4n) is 2.39. The first-order chi connectivity index (χ1) is 13.3. The zero-order valence-corrected chi connectivity index (χ0v) is 16.6. The highest BCUT2D eigenvalue weighted by Gasteiger charge is 2.28. The van der Waals surface area contributed by atoms with Crippen molar-refractivity contribution in [3.05, 3.63) is 59.1 Å². The number of carbonyl (C=O) groups is 2. The summed E-state index contributed by atoms with van der Waals surface area (Å²) in [6.45, 7) is 1.47. The Bertz CT molecular complexity index is 988. The maximum atomic E-state index is 12.6. The van der Waals surface area contributed by atoms with Gasteiger partial charge in [0.25, 0.3) is 15.9 Å². The van der Waals surface area contributed by atoms with Gasteiger partial charge in [-0.2, -0.15) is 0 Å². The first kappa shape index (κ1) is 20.2. The lowest BCUT2D eigenvalue weighted by Gasteiger charge is -2.15. The van der Waals surface area contributed by atoms with Gasteiger partial charge in [-0.1, -0.05) is 23.7 Å². The van der Waals surface area contributed by atoms with E-state index in [4.69, 9.17) is 16.3 Å². The second kappa shape index (κ2) is 8.20. The summed E-state index contributed by atoms with van der Waals surface area (Å²) >= 11 is 5.79. The van der Waals surface area contributed by atoms with Gasteiger partial charge in [-0.15, -0.1) is 0 Å². The molecule has 1 aliphatic carbocycles. The quantitative estimate of drug-likeness (QED) is 0.668. The summed E-state index contributed by atoms with van der Waals surface area (Å²) in [5.41, 5.74) is 0.0587. The number of rotatable bonds is 7. The third-order valence-corrected chi connectivity index (χ3v) is 5.73. The predicted octanol–water partition coefficient (Wildman–Crippen LogP) is 2.96. The van der Waals surface area contributed by atoms with Gasteiger partial charge in [0.05, 0.1) is 16.1 Å². The number of amides is 1. The molecule has 2 aromatic rings. The summed E-state index contributed by atoms with van der Waals surface area (Å²) < 4.78 is 32.7. The second-order valence-electron chi connectivity index (χ2n) is 6.44. The van der Waals surface area contributed by atoms with Gasteiger partial charge in [0.2, 0.25) is 0 Å². The Kier molecular flexibility index (Phi) is 5.90. The van der Waals surface area contributed by atoms with E-state index < -0.39 is 22.1 Å². The monoisotopic (exact) mass is 422 g/mol. The van der Waals surface area contributed by atoms with Crippen molar-refractivity contribution in [2.24, 2.45) is 0 Å². The molecule has 0 aromatic heterocycles. The van der Waals surface area contributed by atoms with Crippen molar-refractivity contribution < 1.29 is 22.7 Å². The molecular formula is C19H19ClN2O5S. The molecule has 148 valence electrons. The van der Waals surface area contributed by atoms with Crippen LogP contribution in [-0.2, 0) is 19.6 Å². The summed E-state index contributed by atoms with van der Waals surface area (Å²) in [6.07, 6.45) is 0.845. The smallest absolute Gasteiger partial charge is 0.341 e. The minimum Gasteiger partial charge on any atom is -0.449 e. The number of hydrogen-bond acceptors (Lipinski definition) is 5. The van der Waals surface area contributed by atoms with E-state index >= 15 is 0 Å². The summed E-state index contributed by atoms with van der Waals surface area (Å²) in [7, 11) is -3.93. The van der Waals surface area contributed by atoms with E-state index in [1.807, 2.05) is 0 Å². The first-order valence-electron chi connectivity index (χ1n) is 8.65. The molecule has 1 aliphatic rings. The van der Waals surface area contributed by atoms with Crippen LogP contribution in [0, 0.1) is 0 Å². The van der Waals surface area contributed by atoms with Crippen LogP contribution in [-0.4, -0.2) is 32.4 Å². The summed E-state index contributed by atoms with van der Waals surface area (Å²) in [5, 5.41) is 3.15. The second-order valence-corrected chi connectivity index (χ2v) is 8.55. The normalized spacial score (nSPS) is 14.8. The van der Waals surface area contributed by atoms with Gasteiger partial charge in [0.15, 0.2) is 6.10 Å². The lowest BCUT2D eigenvalue weighted by molar-refractivity contribution is -0.129. The molecule has 1 amide bonds. The highest BCUT2D eigenvalue weighted by Crippen LogP contribution is 2.23. The Morgan fingerprint density at radius 1 is 1.11 bits per heavy atom. The van der Waals surface area contributed by atoms with Crippen molar-refractivity contribution in [3.63, 3.8) is 0 Å². The number of nitrogens with one attached hydrogen (secondary N) is 2. The number of para-hydroxylation sites is 1. The molecular weight excluding hydrogens is 404 g/mol. The van der Waals surface area contributed by atoms with Crippen molar-refractivity contribution in [1.29, 1.82) is 0 Å². The standard InChI is InChI=1S/C19H19ClN2O5S/c1-12(18(23)21-14-8-9-14)27-19(24)16-4-2-3-5-17(16)22-28(25,26)15-10-6-13(20)7-11-15/h2-7,10-12,14,22H,8-9H2,1H3,(H,21,23). The molecule has 0 aliphatic heterocycles. The molecule has 1 fully saturated rings. The minimum absolute atomic E-state index is 0.00255. The molecule has 2 aromatic carbocycles. The van der Waals surface area contributed by atoms with Crippen LogP contribution in [0.25, 0.3) is 0 Å². The molecule has 28 heavy (non-hydrogen) atoms. The van der Waals surface area contributed by atoms with E-state index in [9.17, 15) is 18.0 Å². The SMILES string of the molecule is CC(OC(=O)c1ccccc1NS(=O)(=O)c1ccc(Cl)cc1)C(=O)NC1CC1. The van der Waals surface area contributed by atoms with E-state index in [0.717, 1.165) is 12.8 Å². The van der Waals surface area contributed by atoms with Crippen LogP contribution in [0.3, 0.4) is 0 Å². The van der Waals surface area contributed by atoms with Crippen molar-refractivity contribution in [2.45, 2.75) is 36.8 Å². The third-order valence-electron chi connectivity index (χ3n) is 4.09. The molecule has 2 N–H and O–H groups in total. The number of halogens is 1. The summed E-state index contributed by atoms with van der Waals surface area (Å²) in [4.78, 5) is 24.5. The van der Waals surface area contributed by atoms with Gasteiger partial charge in [-0.05, 0) is 56.2 Å². The van der Waals surface area contributed by atoms with Crippen LogP contribution < -0.4 is 10.0 Å². The fourth-order valence-corrected chi connectivity index (χ4v) is 3.60. The molecule has 9 heteroatoms. The summed E-state index contributed by atoms with van der Waals surface area (Å²) in [6, 6.07) is 11.8. The van der Waals surface area contributed by atoms with Gasteiger partial charge < -0.3 is 10.1 Å². The molecule has 3 rings (SSSR count). The maximum absolute atomic E-state index is 12.6. The molecule has 0 saturated heterocycles. The van der Waals surface area contributed by atoms with Gasteiger partial charge in [-0.25, -0.2) is 13.2 Å². The number of anilines is 1. The predicted molar refractivity (Wildman–Crippen MR) is 105 cm³/mol. The molecule has 0 radical (unpaired) electrons. The fraction of sp³-hybridized carbons (Fsp3) is 0.263.